The molecular formula is C15H17N3O4. The Bertz CT molecular complexity index is 649. The molecule has 1 aromatic carbocycles. The Hall–Kier alpha value is -2.83. The molecule has 0 bridgehead atoms. The van der Waals surface area contributed by atoms with Crippen LogP contribution in [-0.4, -0.2) is 24.1 Å². The summed E-state index contributed by atoms with van der Waals surface area (Å²) in [6, 6.07) is 5.99. The van der Waals surface area contributed by atoms with Crippen LogP contribution in [0.2, 0.25) is 0 Å². The van der Waals surface area contributed by atoms with Crippen LogP contribution in [0.3, 0.4) is 0 Å². The Morgan fingerprint density at radius 2 is 2.00 bits per heavy atom. The number of nitrogens with one attached hydrogen (secondary N) is 2. The maximum atomic E-state index is 11.8. The number of hydrogen-bond acceptors (Lipinski definition) is 5. The third kappa shape index (κ3) is 4.08. The Balaban J connectivity index is 1.85. The van der Waals surface area contributed by atoms with E-state index in [1.165, 1.54) is 7.11 Å². The van der Waals surface area contributed by atoms with Gasteiger partial charge in [0.25, 0.3) is 0 Å². The lowest BCUT2D eigenvalue weighted by Crippen LogP contribution is -2.28. The number of carbonyl (C=O) groups is 2. The van der Waals surface area contributed by atoms with Gasteiger partial charge < -0.3 is 19.8 Å². The van der Waals surface area contributed by atoms with Crippen LogP contribution in [0.15, 0.2) is 34.9 Å². The molecule has 1 aromatic heterocycles. The van der Waals surface area contributed by atoms with E-state index < -0.39 is 5.97 Å². The highest BCUT2D eigenvalue weighted by Gasteiger charge is 2.07. The number of oxazole rings is 1. The fourth-order valence-electron chi connectivity index (χ4n) is 1.73. The predicted octanol–water partition coefficient (Wildman–Crippen LogP) is 2.35. The number of aryl methyl sites for hydroxylation is 1. The summed E-state index contributed by atoms with van der Waals surface area (Å²) in [5.74, 6) is 0.801. The summed E-state index contributed by atoms with van der Waals surface area (Å²) >= 11 is 0. The molecule has 2 rings (SSSR count). The Morgan fingerprint density at radius 1 is 1.27 bits per heavy atom. The monoisotopic (exact) mass is 303 g/mol. The zero-order valence-electron chi connectivity index (χ0n) is 12.4. The molecule has 0 aliphatic heterocycles. The number of esters is 1. The summed E-state index contributed by atoms with van der Waals surface area (Å²) in [7, 11) is 1.31. The minimum absolute atomic E-state index is 0.200. The highest BCUT2D eigenvalue weighted by Crippen LogP contribution is 2.10. The Labute approximate surface area is 127 Å². The van der Waals surface area contributed by atoms with Gasteiger partial charge in [-0.05, 0) is 24.3 Å². The van der Waals surface area contributed by atoms with Gasteiger partial charge in [0.1, 0.15) is 5.76 Å². The van der Waals surface area contributed by atoms with Crippen LogP contribution >= 0.6 is 0 Å². The van der Waals surface area contributed by atoms with Crippen molar-refractivity contribution in [3.63, 3.8) is 0 Å². The van der Waals surface area contributed by atoms with Crippen LogP contribution in [0.25, 0.3) is 0 Å². The minimum Gasteiger partial charge on any atom is -0.465 e. The summed E-state index contributed by atoms with van der Waals surface area (Å²) in [6.45, 7) is 2.16. The van der Waals surface area contributed by atoms with Crippen LogP contribution in [-0.2, 0) is 17.7 Å². The van der Waals surface area contributed by atoms with Crippen LogP contribution in [0.5, 0.6) is 0 Å². The zero-order chi connectivity index (χ0) is 15.9. The predicted molar refractivity (Wildman–Crippen MR) is 79.5 cm³/mol. The maximum absolute atomic E-state index is 11.8. The molecular weight excluding hydrogens is 286 g/mol. The second kappa shape index (κ2) is 7.26. The zero-order valence-corrected chi connectivity index (χ0v) is 12.4. The van der Waals surface area contributed by atoms with Crippen molar-refractivity contribution in [2.45, 2.75) is 19.9 Å². The topological polar surface area (TPSA) is 93.5 Å². The molecule has 0 unspecified atom stereocenters. The molecule has 1 heterocycles. The van der Waals surface area contributed by atoms with Gasteiger partial charge in [0.2, 0.25) is 5.89 Å². The van der Waals surface area contributed by atoms with Crippen molar-refractivity contribution in [3.05, 3.63) is 47.7 Å². The number of urea groups is 1. The minimum atomic E-state index is -0.424. The molecule has 0 spiro atoms. The van der Waals surface area contributed by atoms with E-state index in [0.717, 1.165) is 12.2 Å². The molecule has 0 saturated heterocycles. The summed E-state index contributed by atoms with van der Waals surface area (Å²) < 4.78 is 9.98. The fourth-order valence-corrected chi connectivity index (χ4v) is 1.73. The largest absolute Gasteiger partial charge is 0.465 e. The first kappa shape index (κ1) is 15.6. The average Bonchev–Trinajstić information content (AvgIpc) is 3.01. The van der Waals surface area contributed by atoms with Crippen molar-refractivity contribution >= 4 is 17.7 Å². The number of ether oxygens (including phenoxy) is 1. The number of methoxy groups -OCH3 is 1. The van der Waals surface area contributed by atoms with Gasteiger partial charge in [-0.2, -0.15) is 0 Å². The van der Waals surface area contributed by atoms with Crippen molar-refractivity contribution in [1.29, 1.82) is 0 Å². The number of anilines is 1. The van der Waals surface area contributed by atoms with E-state index in [1.54, 1.807) is 30.5 Å². The highest BCUT2D eigenvalue weighted by atomic mass is 16.5. The standard InChI is InChI=1S/C15H17N3O4/c1-3-12-8-16-13(22-12)9-17-15(20)18-11-6-4-10(5-7-11)14(19)21-2/h4-8H,3,9H2,1-2H3,(H2,17,18,20). The van der Waals surface area contributed by atoms with E-state index in [1.807, 2.05) is 6.92 Å². The van der Waals surface area contributed by atoms with Crippen molar-refractivity contribution in [1.82, 2.24) is 10.3 Å². The van der Waals surface area contributed by atoms with E-state index >= 15 is 0 Å². The number of benzene rings is 1. The van der Waals surface area contributed by atoms with Gasteiger partial charge in [-0.25, -0.2) is 14.6 Å². The quantitative estimate of drug-likeness (QED) is 0.827. The van der Waals surface area contributed by atoms with Gasteiger partial charge in [0.05, 0.1) is 25.4 Å². The van der Waals surface area contributed by atoms with Crippen molar-refractivity contribution < 1.29 is 18.7 Å². The van der Waals surface area contributed by atoms with Gasteiger partial charge in [-0.3, -0.25) is 0 Å². The number of carbonyl (C=O) groups excluding carboxylic acids is 2. The number of amides is 2. The summed E-state index contributed by atoms with van der Waals surface area (Å²) in [5, 5.41) is 5.28. The Kier molecular flexibility index (Phi) is 5.13. The fraction of sp³-hybridized carbons (Fsp3) is 0.267. The molecule has 0 saturated carbocycles. The highest BCUT2D eigenvalue weighted by molar-refractivity contribution is 5.92. The lowest BCUT2D eigenvalue weighted by molar-refractivity contribution is 0.0601. The normalized spacial score (nSPS) is 10.1. The van der Waals surface area contributed by atoms with E-state index in [-0.39, 0.29) is 12.6 Å². The van der Waals surface area contributed by atoms with Gasteiger partial charge in [0, 0.05) is 12.1 Å². The molecule has 22 heavy (non-hydrogen) atoms. The van der Waals surface area contributed by atoms with Crippen LogP contribution in [0.4, 0.5) is 10.5 Å². The number of hydrogen-bond donors (Lipinski definition) is 2. The molecule has 0 radical (unpaired) electrons. The van der Waals surface area contributed by atoms with Gasteiger partial charge >= 0.3 is 12.0 Å². The number of rotatable bonds is 5. The van der Waals surface area contributed by atoms with Crippen LogP contribution < -0.4 is 10.6 Å². The van der Waals surface area contributed by atoms with Gasteiger partial charge in [0.15, 0.2) is 0 Å². The lowest BCUT2D eigenvalue weighted by Gasteiger charge is -2.06. The molecule has 2 N–H and O–H groups in total. The first-order valence-electron chi connectivity index (χ1n) is 6.79. The molecule has 0 aliphatic rings. The summed E-state index contributed by atoms with van der Waals surface area (Å²) in [5.41, 5.74) is 0.979. The summed E-state index contributed by atoms with van der Waals surface area (Å²) in [4.78, 5) is 27.1. The molecule has 0 atom stereocenters. The van der Waals surface area contributed by atoms with Gasteiger partial charge in [-0.1, -0.05) is 6.92 Å². The molecule has 7 nitrogen and oxygen atoms in total. The molecule has 116 valence electrons. The van der Waals surface area contributed by atoms with Crippen LogP contribution in [0.1, 0.15) is 28.9 Å². The van der Waals surface area contributed by atoms with Crippen molar-refractivity contribution in [3.8, 4) is 0 Å². The molecule has 2 amide bonds. The third-order valence-corrected chi connectivity index (χ3v) is 2.91. The SMILES string of the molecule is CCc1cnc(CNC(=O)Nc2ccc(C(=O)OC)cc2)o1. The number of nitrogens with zero attached hydrogens (tertiary/aromatic N) is 1. The second-order valence-corrected chi connectivity index (χ2v) is 4.45. The van der Waals surface area contributed by atoms with Gasteiger partial charge in [-0.15, -0.1) is 0 Å². The van der Waals surface area contributed by atoms with Crippen LogP contribution in [0, 0.1) is 0 Å². The first-order chi connectivity index (χ1) is 10.6. The Morgan fingerprint density at radius 3 is 2.59 bits per heavy atom. The summed E-state index contributed by atoms with van der Waals surface area (Å²) in [6.07, 6.45) is 2.40. The van der Waals surface area contributed by atoms with Crippen molar-refractivity contribution in [2.24, 2.45) is 0 Å². The maximum Gasteiger partial charge on any atom is 0.337 e. The van der Waals surface area contributed by atoms with E-state index in [2.05, 4.69) is 20.4 Å². The van der Waals surface area contributed by atoms with Crippen molar-refractivity contribution in [2.75, 3.05) is 12.4 Å². The molecule has 0 aliphatic carbocycles. The average molecular weight is 303 g/mol. The smallest absolute Gasteiger partial charge is 0.337 e. The first-order valence-corrected chi connectivity index (χ1v) is 6.79. The second-order valence-electron chi connectivity index (χ2n) is 4.45. The molecule has 2 aromatic rings. The molecule has 7 heteroatoms. The van der Waals surface area contributed by atoms with E-state index in [4.69, 9.17) is 4.42 Å². The third-order valence-electron chi connectivity index (χ3n) is 2.91. The lowest BCUT2D eigenvalue weighted by atomic mass is 10.2. The van der Waals surface area contributed by atoms with E-state index in [0.29, 0.717) is 17.1 Å². The number of aromatic nitrogens is 1. The molecule has 0 fully saturated rings. The van der Waals surface area contributed by atoms with E-state index in [9.17, 15) is 9.59 Å².